The Morgan fingerprint density at radius 2 is 1.65 bits per heavy atom. The van der Waals surface area contributed by atoms with Crippen molar-refractivity contribution in [2.75, 3.05) is 6.61 Å². The van der Waals surface area contributed by atoms with Crippen molar-refractivity contribution >= 4 is 18.3 Å². The minimum atomic E-state index is -1.13. The molecule has 0 aliphatic heterocycles. The normalized spacial score (nSPS) is 12.5. The monoisotopic (exact) mass is 355 g/mol. The number of benzene rings is 2. The van der Waals surface area contributed by atoms with Crippen LogP contribution in [0.5, 0.6) is 0 Å². The van der Waals surface area contributed by atoms with Crippen molar-refractivity contribution in [3.05, 3.63) is 71.8 Å². The molecule has 1 N–H and O–H groups in total. The van der Waals surface area contributed by atoms with Crippen LogP contribution in [0.25, 0.3) is 0 Å². The third-order valence-electron chi connectivity index (χ3n) is 3.67. The average Bonchev–Trinajstić information content (AvgIpc) is 2.66. The van der Waals surface area contributed by atoms with E-state index in [9.17, 15) is 14.4 Å². The van der Waals surface area contributed by atoms with Gasteiger partial charge in [0.05, 0.1) is 13.0 Å². The fourth-order valence-electron chi connectivity index (χ4n) is 2.50. The number of amides is 1. The van der Waals surface area contributed by atoms with Crippen LogP contribution in [0.2, 0.25) is 0 Å². The highest BCUT2D eigenvalue weighted by Gasteiger charge is 2.33. The van der Waals surface area contributed by atoms with Crippen molar-refractivity contribution in [2.24, 2.45) is 0 Å². The van der Waals surface area contributed by atoms with Gasteiger partial charge in [-0.05, 0) is 18.1 Å². The Morgan fingerprint density at radius 3 is 2.23 bits per heavy atom. The van der Waals surface area contributed by atoms with E-state index in [-0.39, 0.29) is 13.0 Å². The van der Waals surface area contributed by atoms with Crippen molar-refractivity contribution in [3.8, 4) is 0 Å². The second-order valence-electron chi connectivity index (χ2n) is 5.50. The van der Waals surface area contributed by atoms with E-state index in [2.05, 4.69) is 5.32 Å². The average molecular weight is 355 g/mol. The molecule has 0 aliphatic carbocycles. The fourth-order valence-corrected chi connectivity index (χ4v) is 2.50. The second-order valence-corrected chi connectivity index (χ2v) is 5.50. The van der Waals surface area contributed by atoms with Gasteiger partial charge in [-0.15, -0.1) is 0 Å². The van der Waals surface area contributed by atoms with Gasteiger partial charge in [-0.3, -0.25) is 9.59 Å². The summed E-state index contributed by atoms with van der Waals surface area (Å²) in [6.07, 6.45) is -0.541. The molecule has 2 aromatic carbocycles. The van der Waals surface area contributed by atoms with E-state index in [1.807, 2.05) is 30.3 Å². The van der Waals surface area contributed by atoms with Crippen molar-refractivity contribution in [1.82, 2.24) is 5.32 Å². The lowest BCUT2D eigenvalue weighted by molar-refractivity contribution is -0.159. The predicted octanol–water partition coefficient (Wildman–Crippen LogP) is 2.19. The first-order valence-corrected chi connectivity index (χ1v) is 8.30. The maximum absolute atomic E-state index is 12.4. The molecule has 6 heteroatoms. The van der Waals surface area contributed by atoms with E-state index in [1.54, 1.807) is 37.3 Å². The smallest absolute Gasteiger partial charge is 0.332 e. The molecular formula is C20H21NO5. The molecule has 2 aromatic rings. The van der Waals surface area contributed by atoms with Gasteiger partial charge in [-0.2, -0.15) is 0 Å². The molecule has 2 unspecified atom stereocenters. The zero-order valence-electron chi connectivity index (χ0n) is 14.5. The van der Waals surface area contributed by atoms with E-state index in [4.69, 9.17) is 9.47 Å². The first-order chi connectivity index (χ1) is 12.7. The molecule has 26 heavy (non-hydrogen) atoms. The summed E-state index contributed by atoms with van der Waals surface area (Å²) >= 11 is 0. The molecule has 0 fully saturated rings. The Hall–Kier alpha value is -3.15. The number of nitrogens with one attached hydrogen (secondary N) is 1. The molecule has 0 bridgehead atoms. The van der Waals surface area contributed by atoms with Crippen LogP contribution >= 0.6 is 0 Å². The number of carbonyl (C=O) groups is 3. The molecule has 0 saturated carbocycles. The van der Waals surface area contributed by atoms with E-state index in [0.29, 0.717) is 12.0 Å². The molecule has 0 heterocycles. The molecule has 0 radical (unpaired) electrons. The van der Waals surface area contributed by atoms with Crippen LogP contribution < -0.4 is 5.32 Å². The number of hydrogen-bond donors (Lipinski definition) is 1. The molecular weight excluding hydrogens is 334 g/mol. The summed E-state index contributed by atoms with van der Waals surface area (Å²) in [7, 11) is 0. The minimum absolute atomic E-state index is 0.0564. The molecule has 0 aliphatic rings. The van der Waals surface area contributed by atoms with E-state index in [1.165, 1.54) is 0 Å². The molecule has 0 spiro atoms. The van der Waals surface area contributed by atoms with Crippen molar-refractivity contribution < 1.29 is 23.9 Å². The molecule has 6 nitrogen and oxygen atoms in total. The van der Waals surface area contributed by atoms with Gasteiger partial charge in [0.15, 0.2) is 12.1 Å². The Labute approximate surface area is 152 Å². The van der Waals surface area contributed by atoms with Gasteiger partial charge in [0, 0.05) is 0 Å². The maximum Gasteiger partial charge on any atom is 0.332 e. The lowest BCUT2D eigenvalue weighted by atomic mass is 10.0. The number of rotatable bonds is 9. The summed E-state index contributed by atoms with van der Waals surface area (Å²) in [6, 6.07) is 16.8. The van der Waals surface area contributed by atoms with Crippen LogP contribution in [-0.2, 0) is 30.3 Å². The van der Waals surface area contributed by atoms with Gasteiger partial charge < -0.3 is 14.8 Å². The van der Waals surface area contributed by atoms with Crippen LogP contribution in [0.15, 0.2) is 60.7 Å². The number of carbonyl (C=O) groups excluding carboxylic acids is 3. The van der Waals surface area contributed by atoms with Crippen molar-refractivity contribution in [2.45, 2.75) is 25.5 Å². The third-order valence-corrected chi connectivity index (χ3v) is 3.67. The summed E-state index contributed by atoms with van der Waals surface area (Å²) in [5, 5.41) is 2.40. The van der Waals surface area contributed by atoms with Crippen molar-refractivity contribution in [1.29, 1.82) is 0 Å². The topological polar surface area (TPSA) is 81.7 Å². The Balaban J connectivity index is 2.23. The SMILES string of the molecule is CCOC(=O)C(NC=O)C(OC(=O)Cc1ccccc1)c1ccccc1. The molecule has 0 saturated heterocycles. The lowest BCUT2D eigenvalue weighted by Crippen LogP contribution is -2.44. The summed E-state index contributed by atoms with van der Waals surface area (Å²) in [5.41, 5.74) is 1.38. The van der Waals surface area contributed by atoms with Gasteiger partial charge in [-0.25, -0.2) is 4.79 Å². The molecule has 2 rings (SSSR count). The van der Waals surface area contributed by atoms with Gasteiger partial charge in [0.25, 0.3) is 0 Å². The largest absolute Gasteiger partial charge is 0.464 e. The fraction of sp³-hybridized carbons (Fsp3) is 0.250. The lowest BCUT2D eigenvalue weighted by Gasteiger charge is -2.25. The second kappa shape index (κ2) is 9.98. The van der Waals surface area contributed by atoms with Gasteiger partial charge in [0.1, 0.15) is 0 Å². The molecule has 1 amide bonds. The highest BCUT2D eigenvalue weighted by Crippen LogP contribution is 2.23. The summed E-state index contributed by atoms with van der Waals surface area (Å²) < 4.78 is 10.6. The molecule has 0 aromatic heterocycles. The summed E-state index contributed by atoms with van der Waals surface area (Å²) in [4.78, 5) is 35.6. The molecule has 136 valence electrons. The number of hydrogen-bond acceptors (Lipinski definition) is 5. The highest BCUT2D eigenvalue weighted by atomic mass is 16.6. The quantitative estimate of drug-likeness (QED) is 0.551. The van der Waals surface area contributed by atoms with Crippen molar-refractivity contribution in [3.63, 3.8) is 0 Å². The van der Waals surface area contributed by atoms with Crippen LogP contribution in [0.3, 0.4) is 0 Å². The number of ether oxygens (including phenoxy) is 2. The van der Waals surface area contributed by atoms with E-state index < -0.39 is 24.1 Å². The Kier molecular flexibility index (Phi) is 7.36. The zero-order chi connectivity index (χ0) is 18.8. The van der Waals surface area contributed by atoms with Crippen LogP contribution in [0.1, 0.15) is 24.2 Å². The van der Waals surface area contributed by atoms with Crippen LogP contribution in [0, 0.1) is 0 Å². The predicted molar refractivity (Wildman–Crippen MR) is 95.0 cm³/mol. The Morgan fingerprint density at radius 1 is 1.04 bits per heavy atom. The Bertz CT molecular complexity index is 717. The summed E-state index contributed by atoms with van der Waals surface area (Å²) in [6.45, 7) is 1.81. The zero-order valence-corrected chi connectivity index (χ0v) is 14.5. The first-order valence-electron chi connectivity index (χ1n) is 8.30. The maximum atomic E-state index is 12.4. The van der Waals surface area contributed by atoms with Gasteiger partial charge in [0.2, 0.25) is 6.41 Å². The van der Waals surface area contributed by atoms with Gasteiger partial charge in [-0.1, -0.05) is 60.7 Å². The van der Waals surface area contributed by atoms with Crippen LogP contribution in [0.4, 0.5) is 0 Å². The number of esters is 2. The highest BCUT2D eigenvalue weighted by molar-refractivity contribution is 5.80. The first kappa shape index (κ1) is 19.2. The van der Waals surface area contributed by atoms with Gasteiger partial charge >= 0.3 is 11.9 Å². The molecule has 2 atom stereocenters. The van der Waals surface area contributed by atoms with Crippen LogP contribution in [-0.4, -0.2) is 31.0 Å². The third kappa shape index (κ3) is 5.44. The van der Waals surface area contributed by atoms with E-state index in [0.717, 1.165) is 5.56 Å². The van der Waals surface area contributed by atoms with E-state index >= 15 is 0 Å². The minimum Gasteiger partial charge on any atom is -0.464 e. The standard InChI is InChI=1S/C20H21NO5/c1-2-25-20(24)18(21-14-22)19(16-11-7-4-8-12-16)26-17(23)13-15-9-5-3-6-10-15/h3-12,14,18-19H,2,13H2,1H3,(H,21,22). The summed E-state index contributed by atoms with van der Waals surface area (Å²) in [5.74, 6) is -1.17.